The summed E-state index contributed by atoms with van der Waals surface area (Å²) in [5.74, 6) is -1.20. The van der Waals surface area contributed by atoms with E-state index >= 15 is 0 Å². The fourth-order valence-electron chi connectivity index (χ4n) is 2.99. The van der Waals surface area contributed by atoms with Crippen LogP contribution >= 0.6 is 23.2 Å². The number of nitriles is 1. The van der Waals surface area contributed by atoms with Crippen LogP contribution in [0.3, 0.4) is 0 Å². The first-order valence-corrected chi connectivity index (χ1v) is 11.4. The molecule has 0 bridgehead atoms. The van der Waals surface area contributed by atoms with Gasteiger partial charge in [0.1, 0.15) is 17.5 Å². The number of benzene rings is 3. The molecular formula is C26H20Cl2FN3O4. The molecule has 0 aromatic heterocycles. The second-order valence-electron chi connectivity index (χ2n) is 7.24. The summed E-state index contributed by atoms with van der Waals surface area (Å²) in [6.45, 7) is 1.68. The first kappa shape index (κ1) is 26.5. The van der Waals surface area contributed by atoms with Crippen molar-refractivity contribution in [2.45, 2.75) is 6.92 Å². The fraction of sp³-hybridized carbons (Fsp3) is 0.115. The number of ether oxygens (including phenoxy) is 2. The van der Waals surface area contributed by atoms with Gasteiger partial charge in [-0.15, -0.1) is 0 Å². The molecule has 0 saturated carbocycles. The Balaban J connectivity index is 1.76. The molecule has 184 valence electrons. The third kappa shape index (κ3) is 7.47. The Bertz CT molecular complexity index is 1320. The average molecular weight is 528 g/mol. The van der Waals surface area contributed by atoms with Crippen molar-refractivity contribution in [2.75, 3.05) is 23.8 Å². The molecule has 0 fully saturated rings. The standard InChI is InChI=1S/C26H20Cl2FN3O4/c1-2-35-23-13-16(11-17(14-30)26(34)32-21-9-5-19(29)6-10-21)12-22(28)25(23)36-15-24(33)31-20-7-3-18(27)4-8-20/h3-13H,2,15H2,1H3,(H,31,33)(H,32,34)/b17-11+. The Morgan fingerprint density at radius 3 is 2.28 bits per heavy atom. The molecule has 2 N–H and O–H groups in total. The molecule has 0 aliphatic heterocycles. The molecule has 0 atom stereocenters. The third-order valence-electron chi connectivity index (χ3n) is 4.59. The van der Waals surface area contributed by atoms with Crippen molar-refractivity contribution in [1.82, 2.24) is 0 Å². The molecule has 2 amide bonds. The quantitative estimate of drug-likeness (QED) is 0.259. The fourth-order valence-corrected chi connectivity index (χ4v) is 3.39. The van der Waals surface area contributed by atoms with Crippen molar-refractivity contribution in [3.05, 3.63) is 87.7 Å². The number of hydrogen-bond acceptors (Lipinski definition) is 5. The molecule has 3 aromatic rings. The van der Waals surface area contributed by atoms with Crippen LogP contribution < -0.4 is 20.1 Å². The monoisotopic (exact) mass is 527 g/mol. The highest BCUT2D eigenvalue weighted by molar-refractivity contribution is 6.32. The van der Waals surface area contributed by atoms with Gasteiger partial charge in [0.2, 0.25) is 0 Å². The molecule has 36 heavy (non-hydrogen) atoms. The van der Waals surface area contributed by atoms with Crippen LogP contribution in [0.15, 0.2) is 66.2 Å². The molecule has 10 heteroatoms. The van der Waals surface area contributed by atoms with E-state index in [0.29, 0.717) is 22.0 Å². The van der Waals surface area contributed by atoms with Crippen LogP contribution in [-0.4, -0.2) is 25.0 Å². The first-order chi connectivity index (χ1) is 17.3. The van der Waals surface area contributed by atoms with Crippen molar-refractivity contribution in [2.24, 2.45) is 0 Å². The highest BCUT2D eigenvalue weighted by atomic mass is 35.5. The highest BCUT2D eigenvalue weighted by Gasteiger charge is 2.16. The number of nitrogens with one attached hydrogen (secondary N) is 2. The van der Waals surface area contributed by atoms with E-state index in [0.717, 1.165) is 0 Å². The van der Waals surface area contributed by atoms with Crippen molar-refractivity contribution in [3.63, 3.8) is 0 Å². The van der Waals surface area contributed by atoms with Gasteiger partial charge in [-0.2, -0.15) is 5.26 Å². The summed E-state index contributed by atoms with van der Waals surface area (Å²) in [5.41, 5.74) is 1.06. The maximum absolute atomic E-state index is 13.1. The summed E-state index contributed by atoms with van der Waals surface area (Å²) in [5, 5.41) is 15.3. The molecule has 0 aliphatic carbocycles. The summed E-state index contributed by atoms with van der Waals surface area (Å²) in [4.78, 5) is 24.8. The van der Waals surface area contributed by atoms with Crippen LogP contribution in [0.25, 0.3) is 6.08 Å². The van der Waals surface area contributed by atoms with Gasteiger partial charge in [-0.1, -0.05) is 23.2 Å². The van der Waals surface area contributed by atoms with Gasteiger partial charge >= 0.3 is 0 Å². The lowest BCUT2D eigenvalue weighted by Gasteiger charge is -2.14. The van der Waals surface area contributed by atoms with E-state index in [-0.39, 0.29) is 35.3 Å². The summed E-state index contributed by atoms with van der Waals surface area (Å²) in [7, 11) is 0. The van der Waals surface area contributed by atoms with Gasteiger partial charge in [-0.25, -0.2) is 4.39 Å². The second kappa shape index (κ2) is 12.6. The van der Waals surface area contributed by atoms with Crippen LogP contribution in [0.5, 0.6) is 11.5 Å². The van der Waals surface area contributed by atoms with E-state index in [1.807, 2.05) is 6.07 Å². The largest absolute Gasteiger partial charge is 0.490 e. The number of carbonyl (C=O) groups excluding carboxylic acids is 2. The average Bonchev–Trinajstić information content (AvgIpc) is 2.85. The van der Waals surface area contributed by atoms with Crippen LogP contribution in [0.4, 0.5) is 15.8 Å². The van der Waals surface area contributed by atoms with Crippen molar-refractivity contribution in [3.8, 4) is 17.6 Å². The van der Waals surface area contributed by atoms with Crippen LogP contribution in [-0.2, 0) is 9.59 Å². The number of rotatable bonds is 9. The first-order valence-electron chi connectivity index (χ1n) is 10.6. The minimum absolute atomic E-state index is 0.114. The van der Waals surface area contributed by atoms with Gasteiger partial charge in [-0.3, -0.25) is 9.59 Å². The molecule has 0 saturated heterocycles. The zero-order valence-electron chi connectivity index (χ0n) is 19.0. The molecule has 0 unspecified atom stereocenters. The molecule has 3 rings (SSSR count). The molecular weight excluding hydrogens is 508 g/mol. The van der Waals surface area contributed by atoms with Crippen molar-refractivity contribution in [1.29, 1.82) is 5.26 Å². The second-order valence-corrected chi connectivity index (χ2v) is 8.08. The lowest BCUT2D eigenvalue weighted by atomic mass is 10.1. The van der Waals surface area contributed by atoms with E-state index in [1.165, 1.54) is 42.5 Å². The molecule has 0 aliphatic rings. The SMILES string of the molecule is CCOc1cc(/C=C(\C#N)C(=O)Nc2ccc(F)cc2)cc(Cl)c1OCC(=O)Nc1ccc(Cl)cc1. The van der Waals surface area contributed by atoms with Gasteiger partial charge in [-0.05, 0) is 79.2 Å². The number of nitrogens with zero attached hydrogens (tertiary/aromatic N) is 1. The number of amides is 2. The van der Waals surface area contributed by atoms with E-state index < -0.39 is 17.6 Å². The van der Waals surface area contributed by atoms with Crippen LogP contribution in [0.1, 0.15) is 12.5 Å². The Hall–Kier alpha value is -4.06. The smallest absolute Gasteiger partial charge is 0.266 e. The van der Waals surface area contributed by atoms with E-state index in [1.54, 1.807) is 31.2 Å². The Morgan fingerprint density at radius 1 is 1.00 bits per heavy atom. The molecule has 0 radical (unpaired) electrons. The lowest BCUT2D eigenvalue weighted by molar-refractivity contribution is -0.118. The van der Waals surface area contributed by atoms with Gasteiger partial charge < -0.3 is 20.1 Å². The van der Waals surface area contributed by atoms with Gasteiger partial charge in [0, 0.05) is 16.4 Å². The van der Waals surface area contributed by atoms with Crippen LogP contribution in [0.2, 0.25) is 10.0 Å². The maximum Gasteiger partial charge on any atom is 0.266 e. The Labute approximate surface area is 217 Å². The minimum Gasteiger partial charge on any atom is -0.490 e. The number of hydrogen-bond donors (Lipinski definition) is 2. The zero-order valence-corrected chi connectivity index (χ0v) is 20.5. The predicted molar refractivity (Wildman–Crippen MR) is 137 cm³/mol. The van der Waals surface area contributed by atoms with Crippen molar-refractivity contribution >= 4 is 52.5 Å². The van der Waals surface area contributed by atoms with Gasteiger partial charge in [0.25, 0.3) is 11.8 Å². The van der Waals surface area contributed by atoms with Gasteiger partial charge in [0.05, 0.1) is 11.6 Å². The van der Waals surface area contributed by atoms with E-state index in [4.69, 9.17) is 32.7 Å². The van der Waals surface area contributed by atoms with E-state index in [2.05, 4.69) is 10.6 Å². The zero-order chi connectivity index (χ0) is 26.1. The normalized spacial score (nSPS) is 10.8. The lowest BCUT2D eigenvalue weighted by Crippen LogP contribution is -2.20. The summed E-state index contributed by atoms with van der Waals surface area (Å²) >= 11 is 12.2. The number of anilines is 2. The number of halogens is 3. The topological polar surface area (TPSA) is 100 Å². The third-order valence-corrected chi connectivity index (χ3v) is 5.12. The molecule has 0 spiro atoms. The summed E-state index contributed by atoms with van der Waals surface area (Å²) in [6.07, 6.45) is 1.32. The Kier molecular flexibility index (Phi) is 9.28. The minimum atomic E-state index is -0.683. The molecule has 7 nitrogen and oxygen atoms in total. The summed E-state index contributed by atoms with van der Waals surface area (Å²) in [6, 6.07) is 16.6. The summed E-state index contributed by atoms with van der Waals surface area (Å²) < 4.78 is 24.3. The maximum atomic E-state index is 13.1. The number of carbonyl (C=O) groups is 2. The van der Waals surface area contributed by atoms with E-state index in [9.17, 15) is 19.2 Å². The molecule has 3 aromatic carbocycles. The van der Waals surface area contributed by atoms with Gasteiger partial charge in [0.15, 0.2) is 18.1 Å². The highest BCUT2D eigenvalue weighted by Crippen LogP contribution is 2.37. The van der Waals surface area contributed by atoms with Crippen molar-refractivity contribution < 1.29 is 23.5 Å². The molecule has 0 heterocycles. The Morgan fingerprint density at radius 2 is 1.64 bits per heavy atom. The predicted octanol–water partition coefficient (Wildman–Crippen LogP) is 6.09. The van der Waals surface area contributed by atoms with Crippen LogP contribution in [0, 0.1) is 17.1 Å².